The lowest BCUT2D eigenvalue weighted by molar-refractivity contribution is 0.177. The summed E-state index contributed by atoms with van der Waals surface area (Å²) < 4.78 is 7.14. The molecule has 1 atom stereocenters. The highest BCUT2D eigenvalue weighted by Gasteiger charge is 2.31. The molecule has 0 bridgehead atoms. The normalized spacial score (nSPS) is 17.7. The first-order valence-electron chi connectivity index (χ1n) is 5.90. The first-order valence-corrected chi connectivity index (χ1v) is 5.90. The van der Waals surface area contributed by atoms with Gasteiger partial charge >= 0.3 is 0 Å². The van der Waals surface area contributed by atoms with Gasteiger partial charge in [0.1, 0.15) is 0 Å². The van der Waals surface area contributed by atoms with Gasteiger partial charge in [-0.3, -0.25) is 0 Å². The third-order valence-corrected chi connectivity index (χ3v) is 3.12. The molecule has 1 saturated carbocycles. The van der Waals surface area contributed by atoms with Crippen LogP contribution in [-0.4, -0.2) is 28.7 Å². The summed E-state index contributed by atoms with van der Waals surface area (Å²) in [5.74, 6) is 0.638. The number of aromatic nitrogens is 3. The fourth-order valence-electron chi connectivity index (χ4n) is 1.99. The van der Waals surface area contributed by atoms with Gasteiger partial charge in [-0.25, -0.2) is 4.68 Å². The lowest BCUT2D eigenvalue weighted by Crippen LogP contribution is -2.13. The summed E-state index contributed by atoms with van der Waals surface area (Å²) in [7, 11) is 1.72. The van der Waals surface area contributed by atoms with E-state index in [1.807, 2.05) is 4.68 Å². The van der Waals surface area contributed by atoms with Crippen molar-refractivity contribution >= 4 is 0 Å². The van der Waals surface area contributed by atoms with Crippen molar-refractivity contribution in [1.82, 2.24) is 15.0 Å². The molecule has 0 amide bonds. The third-order valence-electron chi connectivity index (χ3n) is 3.12. The van der Waals surface area contributed by atoms with E-state index < -0.39 is 0 Å². The Morgan fingerprint density at radius 2 is 2.31 bits per heavy atom. The third kappa shape index (κ3) is 2.25. The molecule has 1 fully saturated rings. The van der Waals surface area contributed by atoms with Crippen LogP contribution in [-0.2, 0) is 11.3 Å². The summed E-state index contributed by atoms with van der Waals surface area (Å²) in [5.41, 5.74) is 7.91. The maximum atomic E-state index is 5.69. The Bertz CT molecular complexity index is 346. The zero-order chi connectivity index (χ0) is 11.5. The minimum absolute atomic E-state index is 0.336. The number of nitrogens with zero attached hydrogens (tertiary/aromatic N) is 3. The van der Waals surface area contributed by atoms with Crippen LogP contribution in [0.15, 0.2) is 0 Å². The minimum Gasteiger partial charge on any atom is -0.385 e. The van der Waals surface area contributed by atoms with E-state index in [1.165, 1.54) is 18.5 Å². The molecule has 1 aromatic rings. The van der Waals surface area contributed by atoms with E-state index in [0.717, 1.165) is 18.7 Å². The maximum absolute atomic E-state index is 5.69. The lowest BCUT2D eigenvalue weighted by atomic mass is 10.2. The molecule has 0 saturated heterocycles. The van der Waals surface area contributed by atoms with Crippen molar-refractivity contribution in [2.24, 2.45) is 5.73 Å². The molecule has 0 aliphatic heterocycles. The average Bonchev–Trinajstić information content (AvgIpc) is 3.05. The molecule has 1 heterocycles. The van der Waals surface area contributed by atoms with Crippen LogP contribution in [0.2, 0.25) is 0 Å². The SMILES string of the molecule is COCCC(C)n1nnc(CN)c1C1CC1. The number of hydrogen-bond acceptors (Lipinski definition) is 4. The van der Waals surface area contributed by atoms with Gasteiger partial charge in [-0.05, 0) is 26.2 Å². The van der Waals surface area contributed by atoms with Gasteiger partial charge in [0.15, 0.2) is 0 Å². The van der Waals surface area contributed by atoms with Crippen LogP contribution in [0.25, 0.3) is 0 Å². The molecule has 5 heteroatoms. The second-order valence-corrected chi connectivity index (χ2v) is 4.47. The van der Waals surface area contributed by atoms with Crippen LogP contribution in [0, 0.1) is 0 Å². The van der Waals surface area contributed by atoms with E-state index in [9.17, 15) is 0 Å². The number of methoxy groups -OCH3 is 1. The van der Waals surface area contributed by atoms with Gasteiger partial charge in [-0.15, -0.1) is 5.10 Å². The van der Waals surface area contributed by atoms with Crippen LogP contribution in [0.1, 0.15) is 49.5 Å². The Labute approximate surface area is 96.0 Å². The largest absolute Gasteiger partial charge is 0.385 e. The average molecular weight is 224 g/mol. The predicted octanol–water partition coefficient (Wildman–Crippen LogP) is 1.21. The molecule has 0 aromatic carbocycles. The molecule has 1 aliphatic carbocycles. The first-order chi connectivity index (χ1) is 7.77. The standard InChI is InChI=1S/C11H20N4O/c1-8(5-6-16-2)15-11(9-3-4-9)10(7-12)13-14-15/h8-9H,3-7,12H2,1-2H3. The van der Waals surface area contributed by atoms with Gasteiger partial charge in [0, 0.05) is 26.2 Å². The molecule has 2 rings (SSSR count). The Balaban J connectivity index is 2.15. The molecule has 1 aliphatic rings. The van der Waals surface area contributed by atoms with Crippen molar-refractivity contribution < 1.29 is 4.74 Å². The zero-order valence-corrected chi connectivity index (χ0v) is 10.0. The number of rotatable bonds is 6. The van der Waals surface area contributed by atoms with Crippen LogP contribution >= 0.6 is 0 Å². The quantitative estimate of drug-likeness (QED) is 0.788. The van der Waals surface area contributed by atoms with Crippen molar-refractivity contribution in [3.05, 3.63) is 11.4 Å². The Hall–Kier alpha value is -0.940. The van der Waals surface area contributed by atoms with Crippen molar-refractivity contribution in [3.8, 4) is 0 Å². The second kappa shape index (κ2) is 4.93. The number of ether oxygens (including phenoxy) is 1. The predicted molar refractivity (Wildman–Crippen MR) is 61.1 cm³/mol. The summed E-state index contributed by atoms with van der Waals surface area (Å²) in [6.45, 7) is 3.39. The fraction of sp³-hybridized carbons (Fsp3) is 0.818. The van der Waals surface area contributed by atoms with Crippen molar-refractivity contribution in [1.29, 1.82) is 0 Å². The van der Waals surface area contributed by atoms with E-state index in [2.05, 4.69) is 17.2 Å². The molecule has 2 N–H and O–H groups in total. The smallest absolute Gasteiger partial charge is 0.0997 e. The topological polar surface area (TPSA) is 66.0 Å². The highest BCUT2D eigenvalue weighted by Crippen LogP contribution is 2.42. The van der Waals surface area contributed by atoms with Crippen LogP contribution < -0.4 is 5.73 Å². The highest BCUT2D eigenvalue weighted by molar-refractivity contribution is 5.20. The van der Waals surface area contributed by atoms with E-state index in [-0.39, 0.29) is 0 Å². The molecular weight excluding hydrogens is 204 g/mol. The van der Waals surface area contributed by atoms with E-state index in [0.29, 0.717) is 18.5 Å². The van der Waals surface area contributed by atoms with Gasteiger partial charge in [0.05, 0.1) is 17.4 Å². The van der Waals surface area contributed by atoms with Crippen molar-refractivity contribution in [2.45, 2.75) is 44.7 Å². The van der Waals surface area contributed by atoms with Gasteiger partial charge in [0.25, 0.3) is 0 Å². The van der Waals surface area contributed by atoms with Gasteiger partial charge in [0.2, 0.25) is 0 Å². The first kappa shape index (κ1) is 11.5. The van der Waals surface area contributed by atoms with Crippen LogP contribution in [0.3, 0.4) is 0 Å². The zero-order valence-electron chi connectivity index (χ0n) is 10.0. The Morgan fingerprint density at radius 3 is 2.88 bits per heavy atom. The molecule has 5 nitrogen and oxygen atoms in total. The molecule has 16 heavy (non-hydrogen) atoms. The summed E-state index contributed by atoms with van der Waals surface area (Å²) in [6, 6.07) is 0.336. The summed E-state index contributed by atoms with van der Waals surface area (Å²) in [5, 5.41) is 8.40. The number of hydrogen-bond donors (Lipinski definition) is 1. The second-order valence-electron chi connectivity index (χ2n) is 4.47. The number of nitrogens with two attached hydrogens (primary N) is 1. The monoisotopic (exact) mass is 224 g/mol. The van der Waals surface area contributed by atoms with Crippen LogP contribution in [0.4, 0.5) is 0 Å². The summed E-state index contributed by atoms with van der Waals surface area (Å²) in [6.07, 6.45) is 3.46. The van der Waals surface area contributed by atoms with Crippen molar-refractivity contribution in [3.63, 3.8) is 0 Å². The molecule has 90 valence electrons. The fourth-order valence-corrected chi connectivity index (χ4v) is 1.99. The van der Waals surface area contributed by atoms with E-state index in [1.54, 1.807) is 7.11 Å². The minimum atomic E-state index is 0.336. The highest BCUT2D eigenvalue weighted by atomic mass is 16.5. The van der Waals surface area contributed by atoms with Crippen molar-refractivity contribution in [2.75, 3.05) is 13.7 Å². The summed E-state index contributed by atoms with van der Waals surface area (Å²) in [4.78, 5) is 0. The maximum Gasteiger partial charge on any atom is 0.0997 e. The molecule has 0 radical (unpaired) electrons. The van der Waals surface area contributed by atoms with E-state index in [4.69, 9.17) is 10.5 Å². The Morgan fingerprint density at radius 1 is 1.56 bits per heavy atom. The van der Waals surface area contributed by atoms with Gasteiger partial charge in [-0.1, -0.05) is 5.21 Å². The van der Waals surface area contributed by atoms with Gasteiger partial charge < -0.3 is 10.5 Å². The van der Waals surface area contributed by atoms with Crippen LogP contribution in [0.5, 0.6) is 0 Å². The van der Waals surface area contributed by atoms with E-state index >= 15 is 0 Å². The Kier molecular flexibility index (Phi) is 3.56. The molecular formula is C11H20N4O. The van der Waals surface area contributed by atoms with Gasteiger partial charge in [-0.2, -0.15) is 0 Å². The lowest BCUT2D eigenvalue weighted by Gasteiger charge is -2.14. The summed E-state index contributed by atoms with van der Waals surface area (Å²) >= 11 is 0. The molecule has 1 aromatic heterocycles. The molecule has 1 unspecified atom stereocenters. The molecule has 0 spiro atoms.